The van der Waals surface area contributed by atoms with Crippen molar-refractivity contribution in [3.8, 4) is 0 Å². The molecule has 1 aromatic heterocycles. The maximum Gasteiger partial charge on any atom is 0.244 e. The van der Waals surface area contributed by atoms with Crippen LogP contribution in [0.25, 0.3) is 6.08 Å². The van der Waals surface area contributed by atoms with E-state index >= 15 is 0 Å². The molecule has 2 aromatic rings. The number of amides is 1. The number of hydrogen-bond acceptors (Lipinski definition) is 2. The van der Waals surface area contributed by atoms with Crippen LogP contribution >= 0.6 is 11.3 Å². The van der Waals surface area contributed by atoms with Crippen LogP contribution in [0.3, 0.4) is 0 Å². The normalized spacial score (nSPS) is 10.9. The van der Waals surface area contributed by atoms with Gasteiger partial charge in [-0.05, 0) is 43.2 Å². The minimum Gasteiger partial charge on any atom is -0.352 e. The van der Waals surface area contributed by atoms with Crippen LogP contribution in [0.1, 0.15) is 15.3 Å². The molecule has 0 atom stereocenters. The summed E-state index contributed by atoms with van der Waals surface area (Å²) in [6, 6.07) is 10.6. The number of halogens is 1. The summed E-state index contributed by atoms with van der Waals surface area (Å²) in [5.74, 6) is -0.390. The lowest BCUT2D eigenvalue weighted by Gasteiger charge is -2.03. The SMILES string of the molecule is Cc1ccc(/C=C/C(=O)NCCc2ccccc2F)s1. The minimum absolute atomic E-state index is 0.160. The average molecular weight is 289 g/mol. The van der Waals surface area contributed by atoms with E-state index in [4.69, 9.17) is 0 Å². The van der Waals surface area contributed by atoms with Crippen molar-refractivity contribution < 1.29 is 9.18 Å². The molecule has 0 saturated heterocycles. The lowest BCUT2D eigenvalue weighted by Crippen LogP contribution is -2.23. The monoisotopic (exact) mass is 289 g/mol. The van der Waals surface area contributed by atoms with Crippen molar-refractivity contribution in [1.29, 1.82) is 0 Å². The second-order valence-electron chi connectivity index (χ2n) is 4.41. The van der Waals surface area contributed by atoms with Crippen LogP contribution in [-0.2, 0) is 11.2 Å². The molecule has 0 saturated carbocycles. The molecule has 104 valence electrons. The van der Waals surface area contributed by atoms with E-state index in [2.05, 4.69) is 5.32 Å². The predicted octanol–water partition coefficient (Wildman–Crippen LogP) is 3.57. The van der Waals surface area contributed by atoms with Gasteiger partial charge in [0.15, 0.2) is 0 Å². The highest BCUT2D eigenvalue weighted by molar-refractivity contribution is 7.12. The van der Waals surface area contributed by atoms with Gasteiger partial charge in [-0.1, -0.05) is 18.2 Å². The first-order valence-corrected chi connectivity index (χ1v) is 7.22. The third-order valence-electron chi connectivity index (χ3n) is 2.81. The topological polar surface area (TPSA) is 29.1 Å². The highest BCUT2D eigenvalue weighted by Crippen LogP contribution is 2.16. The highest BCUT2D eigenvalue weighted by Gasteiger charge is 2.01. The van der Waals surface area contributed by atoms with E-state index in [1.165, 1.54) is 17.0 Å². The second-order valence-corrected chi connectivity index (χ2v) is 5.73. The molecule has 1 heterocycles. The molecule has 1 N–H and O–H groups in total. The Labute approximate surface area is 122 Å². The standard InChI is InChI=1S/C16H16FNOS/c1-12-6-7-14(20-12)8-9-16(19)18-11-10-13-4-2-3-5-15(13)17/h2-9H,10-11H2,1H3,(H,18,19)/b9-8+. The van der Waals surface area contributed by atoms with Gasteiger partial charge in [0.2, 0.25) is 5.91 Å². The van der Waals surface area contributed by atoms with Crippen LogP contribution in [0, 0.1) is 12.7 Å². The van der Waals surface area contributed by atoms with E-state index in [0.717, 1.165) is 4.88 Å². The van der Waals surface area contributed by atoms with Gasteiger partial charge in [-0.25, -0.2) is 4.39 Å². The first kappa shape index (κ1) is 14.5. The largest absolute Gasteiger partial charge is 0.352 e. The number of carbonyl (C=O) groups excluding carboxylic acids is 1. The fraction of sp³-hybridized carbons (Fsp3) is 0.188. The molecule has 4 heteroatoms. The Morgan fingerprint density at radius 2 is 2.10 bits per heavy atom. The number of hydrogen-bond donors (Lipinski definition) is 1. The molecular formula is C16H16FNOS. The van der Waals surface area contributed by atoms with Crippen molar-refractivity contribution in [3.63, 3.8) is 0 Å². The number of benzene rings is 1. The third-order valence-corrected chi connectivity index (χ3v) is 3.78. The molecule has 20 heavy (non-hydrogen) atoms. The molecule has 0 spiro atoms. The van der Waals surface area contributed by atoms with E-state index in [0.29, 0.717) is 18.5 Å². The van der Waals surface area contributed by atoms with Gasteiger partial charge >= 0.3 is 0 Å². The van der Waals surface area contributed by atoms with Gasteiger partial charge < -0.3 is 5.32 Å². The van der Waals surface area contributed by atoms with Gasteiger partial charge in [0, 0.05) is 22.4 Å². The summed E-state index contributed by atoms with van der Waals surface area (Å²) in [5.41, 5.74) is 0.616. The van der Waals surface area contributed by atoms with Crippen LogP contribution < -0.4 is 5.32 Å². The Hall–Kier alpha value is -1.94. The molecule has 0 aliphatic rings. The maximum atomic E-state index is 13.4. The van der Waals surface area contributed by atoms with Crippen LogP contribution in [0.2, 0.25) is 0 Å². The predicted molar refractivity (Wildman–Crippen MR) is 81.2 cm³/mol. The summed E-state index contributed by atoms with van der Waals surface area (Å²) in [4.78, 5) is 13.9. The van der Waals surface area contributed by atoms with Crippen molar-refractivity contribution in [3.05, 3.63) is 63.6 Å². The highest BCUT2D eigenvalue weighted by atomic mass is 32.1. The maximum absolute atomic E-state index is 13.4. The van der Waals surface area contributed by atoms with Crippen LogP contribution in [0.4, 0.5) is 4.39 Å². The summed E-state index contributed by atoms with van der Waals surface area (Å²) in [6.45, 7) is 2.45. The van der Waals surface area contributed by atoms with Gasteiger partial charge in [-0.2, -0.15) is 0 Å². The van der Waals surface area contributed by atoms with Crippen LogP contribution in [0.15, 0.2) is 42.5 Å². The number of thiophene rings is 1. The number of carbonyl (C=O) groups is 1. The van der Waals surface area contributed by atoms with Gasteiger partial charge in [0.1, 0.15) is 5.82 Å². The molecule has 0 unspecified atom stereocenters. The molecule has 1 aromatic carbocycles. The third kappa shape index (κ3) is 4.31. The lowest BCUT2D eigenvalue weighted by molar-refractivity contribution is -0.116. The quantitative estimate of drug-likeness (QED) is 0.838. The van der Waals surface area contributed by atoms with E-state index in [1.54, 1.807) is 35.6 Å². The summed E-state index contributed by atoms with van der Waals surface area (Å²) in [5, 5.41) is 2.75. The van der Waals surface area contributed by atoms with Gasteiger partial charge in [-0.3, -0.25) is 4.79 Å². The Balaban J connectivity index is 1.78. The smallest absolute Gasteiger partial charge is 0.244 e. The molecule has 2 rings (SSSR count). The Kier molecular flexibility index (Phi) is 5.07. The Morgan fingerprint density at radius 1 is 1.30 bits per heavy atom. The number of nitrogens with one attached hydrogen (secondary N) is 1. The molecule has 1 amide bonds. The van der Waals surface area contributed by atoms with Crippen molar-refractivity contribution >= 4 is 23.3 Å². The van der Waals surface area contributed by atoms with Crippen molar-refractivity contribution in [2.24, 2.45) is 0 Å². The fourth-order valence-electron chi connectivity index (χ4n) is 1.78. The van der Waals surface area contributed by atoms with Crippen LogP contribution in [-0.4, -0.2) is 12.5 Å². The zero-order chi connectivity index (χ0) is 14.4. The molecule has 0 fully saturated rings. The van der Waals surface area contributed by atoms with E-state index < -0.39 is 0 Å². The van der Waals surface area contributed by atoms with E-state index in [9.17, 15) is 9.18 Å². The number of aryl methyl sites for hydroxylation is 1. The van der Waals surface area contributed by atoms with E-state index in [-0.39, 0.29) is 11.7 Å². The second kappa shape index (κ2) is 7.01. The van der Waals surface area contributed by atoms with Crippen molar-refractivity contribution in [1.82, 2.24) is 5.32 Å². The fourth-order valence-corrected chi connectivity index (χ4v) is 2.56. The molecule has 2 nitrogen and oxygen atoms in total. The van der Waals surface area contributed by atoms with Crippen molar-refractivity contribution in [2.45, 2.75) is 13.3 Å². The minimum atomic E-state index is -0.230. The summed E-state index contributed by atoms with van der Waals surface area (Å²) in [7, 11) is 0. The molecular weight excluding hydrogens is 273 g/mol. The summed E-state index contributed by atoms with van der Waals surface area (Å²) < 4.78 is 13.4. The first-order valence-electron chi connectivity index (χ1n) is 6.41. The molecule has 0 radical (unpaired) electrons. The van der Waals surface area contributed by atoms with Gasteiger partial charge in [0.05, 0.1) is 0 Å². The summed E-state index contributed by atoms with van der Waals surface area (Å²) >= 11 is 1.64. The molecule has 0 bridgehead atoms. The van der Waals surface area contributed by atoms with Crippen LogP contribution in [0.5, 0.6) is 0 Å². The zero-order valence-electron chi connectivity index (χ0n) is 11.2. The first-order chi connectivity index (χ1) is 9.65. The van der Waals surface area contributed by atoms with Gasteiger partial charge in [0.25, 0.3) is 0 Å². The summed E-state index contributed by atoms with van der Waals surface area (Å²) in [6.07, 6.45) is 3.78. The average Bonchev–Trinajstić information content (AvgIpc) is 2.84. The molecule has 0 aliphatic heterocycles. The zero-order valence-corrected chi connectivity index (χ0v) is 12.0. The molecule has 0 aliphatic carbocycles. The lowest BCUT2D eigenvalue weighted by atomic mass is 10.1. The van der Waals surface area contributed by atoms with E-state index in [1.807, 2.05) is 19.1 Å². The number of rotatable bonds is 5. The Morgan fingerprint density at radius 3 is 2.80 bits per heavy atom. The Bertz CT molecular complexity index is 618. The van der Waals surface area contributed by atoms with Gasteiger partial charge in [-0.15, -0.1) is 11.3 Å². The van der Waals surface area contributed by atoms with Crippen molar-refractivity contribution in [2.75, 3.05) is 6.54 Å².